The van der Waals surface area contributed by atoms with Gasteiger partial charge in [0, 0.05) is 23.8 Å². The molecule has 4 nitrogen and oxygen atoms in total. The Morgan fingerprint density at radius 1 is 1.21 bits per heavy atom. The van der Waals surface area contributed by atoms with Crippen LogP contribution < -0.4 is 10.2 Å². The first-order chi connectivity index (χ1) is 11.5. The Labute approximate surface area is 140 Å². The Bertz CT molecular complexity index is 774. The van der Waals surface area contributed by atoms with E-state index in [-0.39, 0.29) is 24.3 Å². The highest BCUT2D eigenvalue weighted by Crippen LogP contribution is 2.35. The van der Waals surface area contributed by atoms with Gasteiger partial charge in [-0.2, -0.15) is 0 Å². The lowest BCUT2D eigenvalue weighted by Crippen LogP contribution is -2.42. The van der Waals surface area contributed by atoms with Crippen molar-refractivity contribution < 1.29 is 14.0 Å². The zero-order valence-corrected chi connectivity index (χ0v) is 13.6. The fraction of sp³-hybridized carbons (Fsp3) is 0.263. The number of carbonyl (C=O) groups is 2. The molecule has 0 radical (unpaired) electrons. The van der Waals surface area contributed by atoms with Gasteiger partial charge in [-0.15, -0.1) is 0 Å². The van der Waals surface area contributed by atoms with E-state index in [1.807, 2.05) is 44.2 Å². The maximum atomic E-state index is 13.5. The minimum absolute atomic E-state index is 0.0613. The van der Waals surface area contributed by atoms with Gasteiger partial charge in [-0.1, -0.05) is 24.3 Å². The molecule has 2 aromatic carbocycles. The van der Waals surface area contributed by atoms with Crippen molar-refractivity contribution in [2.75, 3.05) is 10.2 Å². The van der Waals surface area contributed by atoms with Gasteiger partial charge in [-0.3, -0.25) is 9.59 Å². The highest BCUT2D eigenvalue weighted by atomic mass is 19.1. The maximum absolute atomic E-state index is 13.5. The lowest BCUT2D eigenvalue weighted by atomic mass is 9.88. The highest BCUT2D eigenvalue weighted by Gasteiger charge is 2.35. The third-order valence-corrected chi connectivity index (χ3v) is 4.14. The first kappa shape index (κ1) is 16.2. The molecular weight excluding hydrogens is 307 g/mol. The zero-order valence-electron chi connectivity index (χ0n) is 13.6. The second-order valence-corrected chi connectivity index (χ2v) is 6.17. The second-order valence-electron chi connectivity index (χ2n) is 6.17. The van der Waals surface area contributed by atoms with Crippen molar-refractivity contribution in [3.05, 3.63) is 59.9 Å². The molecule has 0 aromatic heterocycles. The molecular formula is C19H19FN2O2. The molecule has 2 amide bonds. The summed E-state index contributed by atoms with van der Waals surface area (Å²) in [6.07, 6.45) is 0.0630. The number of para-hydroxylation sites is 1. The number of anilines is 2. The number of nitrogens with zero attached hydrogens (tertiary/aromatic N) is 1. The number of hydrogen-bond acceptors (Lipinski definition) is 2. The number of halogens is 1. The smallest absolute Gasteiger partial charge is 0.235 e. The average molecular weight is 326 g/mol. The summed E-state index contributed by atoms with van der Waals surface area (Å²) in [7, 11) is 0. The Morgan fingerprint density at radius 2 is 1.92 bits per heavy atom. The number of hydrogen-bond donors (Lipinski definition) is 1. The third-order valence-electron chi connectivity index (χ3n) is 4.14. The Morgan fingerprint density at radius 3 is 2.58 bits per heavy atom. The van der Waals surface area contributed by atoms with Gasteiger partial charge in [0.25, 0.3) is 0 Å². The number of nitrogens with one attached hydrogen (secondary N) is 1. The topological polar surface area (TPSA) is 49.4 Å². The van der Waals surface area contributed by atoms with Crippen LogP contribution in [0.5, 0.6) is 0 Å². The summed E-state index contributed by atoms with van der Waals surface area (Å²) in [6.45, 7) is 3.86. The van der Waals surface area contributed by atoms with E-state index >= 15 is 0 Å². The van der Waals surface area contributed by atoms with Crippen molar-refractivity contribution in [2.45, 2.75) is 32.2 Å². The van der Waals surface area contributed by atoms with Crippen LogP contribution in [0.2, 0.25) is 0 Å². The van der Waals surface area contributed by atoms with E-state index in [0.717, 1.165) is 5.69 Å². The van der Waals surface area contributed by atoms with E-state index in [1.54, 1.807) is 11.0 Å². The monoisotopic (exact) mass is 326 g/mol. The normalized spacial score (nSPS) is 16.5. The molecule has 1 atom stereocenters. The van der Waals surface area contributed by atoms with E-state index < -0.39 is 11.7 Å². The first-order valence-electron chi connectivity index (χ1n) is 7.95. The van der Waals surface area contributed by atoms with Crippen molar-refractivity contribution in [3.63, 3.8) is 0 Å². The number of amides is 2. The molecule has 124 valence electrons. The molecule has 0 aliphatic carbocycles. The van der Waals surface area contributed by atoms with Crippen LogP contribution in [0, 0.1) is 5.82 Å². The largest absolute Gasteiger partial charge is 0.326 e. The summed E-state index contributed by atoms with van der Waals surface area (Å²) < 4.78 is 13.5. The summed E-state index contributed by atoms with van der Waals surface area (Å²) >= 11 is 0. The fourth-order valence-corrected chi connectivity index (χ4v) is 3.09. The van der Waals surface area contributed by atoms with Crippen molar-refractivity contribution in [1.29, 1.82) is 0 Å². The minimum Gasteiger partial charge on any atom is -0.326 e. The van der Waals surface area contributed by atoms with Crippen molar-refractivity contribution >= 4 is 23.2 Å². The van der Waals surface area contributed by atoms with Crippen LogP contribution in [0.25, 0.3) is 0 Å². The molecule has 0 saturated heterocycles. The first-order valence-corrected chi connectivity index (χ1v) is 7.95. The summed E-state index contributed by atoms with van der Waals surface area (Å²) in [6, 6.07) is 13.5. The van der Waals surface area contributed by atoms with Crippen LogP contribution in [-0.4, -0.2) is 17.9 Å². The molecule has 0 fully saturated rings. The van der Waals surface area contributed by atoms with Gasteiger partial charge in [0.15, 0.2) is 0 Å². The van der Waals surface area contributed by atoms with Gasteiger partial charge in [-0.05, 0) is 43.7 Å². The van der Waals surface area contributed by atoms with Gasteiger partial charge in [-0.25, -0.2) is 4.39 Å². The summed E-state index contributed by atoms with van der Waals surface area (Å²) in [5, 5.41) is 2.64. The Balaban J connectivity index is 2.01. The molecule has 0 spiro atoms. The molecule has 0 unspecified atom stereocenters. The van der Waals surface area contributed by atoms with Crippen LogP contribution >= 0.6 is 0 Å². The second kappa shape index (κ2) is 6.43. The molecule has 3 rings (SSSR count). The SMILES string of the molecule is CC(C)N(C(=O)[C@H]1CC(=O)Nc2cc(F)ccc21)c1ccccc1. The maximum Gasteiger partial charge on any atom is 0.235 e. The van der Waals surface area contributed by atoms with Crippen LogP contribution in [0.3, 0.4) is 0 Å². The van der Waals surface area contributed by atoms with Gasteiger partial charge in [0.05, 0.1) is 5.92 Å². The van der Waals surface area contributed by atoms with Crippen molar-refractivity contribution in [2.24, 2.45) is 0 Å². The van der Waals surface area contributed by atoms with Gasteiger partial charge >= 0.3 is 0 Å². The zero-order chi connectivity index (χ0) is 17.3. The number of benzene rings is 2. The molecule has 0 bridgehead atoms. The van der Waals surface area contributed by atoms with E-state index in [9.17, 15) is 14.0 Å². The number of fused-ring (bicyclic) bond motifs is 1. The summed E-state index contributed by atoms with van der Waals surface area (Å²) in [5.74, 6) is -1.48. The van der Waals surface area contributed by atoms with Crippen molar-refractivity contribution in [1.82, 2.24) is 0 Å². The van der Waals surface area contributed by atoms with E-state index in [4.69, 9.17) is 0 Å². The van der Waals surface area contributed by atoms with Crippen LogP contribution in [0.4, 0.5) is 15.8 Å². The lowest BCUT2D eigenvalue weighted by Gasteiger charge is -2.33. The van der Waals surface area contributed by atoms with Gasteiger partial charge in [0.2, 0.25) is 11.8 Å². The molecule has 5 heteroatoms. The molecule has 1 N–H and O–H groups in total. The van der Waals surface area contributed by atoms with Crippen LogP contribution in [0.15, 0.2) is 48.5 Å². The Hall–Kier alpha value is -2.69. The van der Waals surface area contributed by atoms with E-state index in [2.05, 4.69) is 5.32 Å². The molecule has 2 aromatic rings. The molecule has 1 aliphatic heterocycles. The third kappa shape index (κ3) is 3.02. The van der Waals surface area contributed by atoms with Crippen LogP contribution in [-0.2, 0) is 9.59 Å². The molecule has 0 saturated carbocycles. The van der Waals surface area contributed by atoms with E-state index in [1.165, 1.54) is 12.1 Å². The lowest BCUT2D eigenvalue weighted by molar-refractivity contribution is -0.124. The number of rotatable bonds is 3. The van der Waals surface area contributed by atoms with E-state index in [0.29, 0.717) is 11.3 Å². The fourth-order valence-electron chi connectivity index (χ4n) is 3.09. The quantitative estimate of drug-likeness (QED) is 0.935. The predicted molar refractivity (Wildman–Crippen MR) is 91.5 cm³/mol. The average Bonchev–Trinajstić information content (AvgIpc) is 2.54. The molecule has 1 heterocycles. The van der Waals surface area contributed by atoms with Crippen LogP contribution in [0.1, 0.15) is 31.7 Å². The highest BCUT2D eigenvalue weighted by molar-refractivity contribution is 6.06. The van der Waals surface area contributed by atoms with Gasteiger partial charge < -0.3 is 10.2 Å². The number of carbonyl (C=O) groups excluding carboxylic acids is 2. The summed E-state index contributed by atoms with van der Waals surface area (Å²) in [4.78, 5) is 26.9. The molecule has 1 aliphatic rings. The van der Waals surface area contributed by atoms with Gasteiger partial charge in [0.1, 0.15) is 5.82 Å². The minimum atomic E-state index is -0.614. The standard InChI is InChI=1S/C19H19FN2O2/c1-12(2)22(14-6-4-3-5-7-14)19(24)16-11-18(23)21-17-10-13(20)8-9-15(16)17/h3-10,12,16H,11H2,1-2H3,(H,21,23)/t16-/m0/s1. The molecule has 24 heavy (non-hydrogen) atoms. The summed E-state index contributed by atoms with van der Waals surface area (Å²) in [5.41, 5.74) is 1.82. The Kier molecular flexibility index (Phi) is 4.34. The van der Waals surface area contributed by atoms with Crippen molar-refractivity contribution in [3.8, 4) is 0 Å². The predicted octanol–water partition coefficient (Wildman–Crippen LogP) is 3.69.